The van der Waals surface area contributed by atoms with E-state index in [2.05, 4.69) is 260 Å². The molecular weight excluding hydrogens is 1070 g/mol. The molecule has 3 nitrogen and oxygen atoms in total. The Morgan fingerprint density at radius 3 is 1.17 bits per heavy atom. The lowest BCUT2D eigenvalue weighted by Gasteiger charge is -2.35. The Balaban J connectivity index is 0.848. The molecule has 412 valence electrons. The molecule has 1 heterocycles. The van der Waals surface area contributed by atoms with Gasteiger partial charge in [-0.15, -0.1) is 0 Å². The summed E-state index contributed by atoms with van der Waals surface area (Å²) >= 11 is 0. The van der Waals surface area contributed by atoms with E-state index in [9.17, 15) is 8.78 Å². The van der Waals surface area contributed by atoms with Gasteiger partial charge in [-0.05, 0) is 204 Å². The van der Waals surface area contributed by atoms with E-state index in [4.69, 9.17) is 4.42 Å². The number of furan rings is 1. The minimum atomic E-state index is -0.766. The maximum atomic E-state index is 15.0. The van der Waals surface area contributed by atoms with Crippen molar-refractivity contribution in [3.63, 3.8) is 0 Å². The predicted octanol–water partition coefficient (Wildman–Crippen LogP) is 22.0. The fourth-order valence-corrected chi connectivity index (χ4v) is 14.4. The van der Waals surface area contributed by atoms with E-state index in [-0.39, 0.29) is 11.6 Å². The Hall–Kier alpha value is -11.1. The first-order valence-corrected chi connectivity index (χ1v) is 29.4. The van der Waals surface area contributed by atoms with Crippen molar-refractivity contribution in [1.82, 2.24) is 0 Å². The molecule has 0 saturated carbocycles. The smallest absolute Gasteiger partial charge is 0.136 e. The van der Waals surface area contributed by atoms with Gasteiger partial charge in [0.05, 0.1) is 10.8 Å². The molecule has 2 atom stereocenters. The van der Waals surface area contributed by atoms with Crippen LogP contribution < -0.4 is 9.80 Å². The molecule has 0 aliphatic heterocycles. The minimum Gasteiger partial charge on any atom is -0.456 e. The zero-order valence-electron chi connectivity index (χ0n) is 47.3. The molecule has 16 rings (SSSR count). The fourth-order valence-electron chi connectivity index (χ4n) is 14.4. The second kappa shape index (κ2) is 20.3. The van der Waals surface area contributed by atoms with Crippen LogP contribution >= 0.6 is 0 Å². The lowest BCUT2D eigenvalue weighted by molar-refractivity contribution is 0.624. The molecule has 0 spiro atoms. The van der Waals surface area contributed by atoms with Gasteiger partial charge in [-0.25, -0.2) is 8.78 Å². The molecular formula is C82H54F2N2O. The zero-order valence-corrected chi connectivity index (χ0v) is 47.3. The maximum Gasteiger partial charge on any atom is 0.136 e. The van der Waals surface area contributed by atoms with Gasteiger partial charge >= 0.3 is 0 Å². The van der Waals surface area contributed by atoms with E-state index in [1.54, 1.807) is 24.3 Å². The van der Waals surface area contributed by atoms with Crippen LogP contribution in [-0.2, 0) is 10.8 Å². The van der Waals surface area contributed by atoms with Gasteiger partial charge in [-0.2, -0.15) is 0 Å². The SMILES string of the molecule is C=Cc1ccc(C2(c3ccc(F)cc3)c3ccccc3-c3ccc(N(c4ccccc4)c4ccc5cc6oc7ccc(N(c8ccccc8)c8ccc9c(c8)C(c8ccc(F)cc8)(c8ccc(C=C)cc8)c8ccccc8-9)cc7c6cc5c4)cc32)cc1. The van der Waals surface area contributed by atoms with E-state index >= 15 is 0 Å². The summed E-state index contributed by atoms with van der Waals surface area (Å²) in [5.41, 5.74) is 21.2. The molecule has 2 unspecified atom stereocenters. The van der Waals surface area contributed by atoms with Crippen LogP contribution in [0.1, 0.15) is 55.6 Å². The Kier molecular flexibility index (Phi) is 12.0. The summed E-state index contributed by atoms with van der Waals surface area (Å²) in [5.74, 6) is -0.560. The van der Waals surface area contributed by atoms with Crippen molar-refractivity contribution in [1.29, 1.82) is 0 Å². The maximum absolute atomic E-state index is 15.0. The van der Waals surface area contributed by atoms with Crippen LogP contribution in [-0.4, -0.2) is 0 Å². The molecule has 5 heteroatoms. The number of rotatable bonds is 12. The first-order valence-electron chi connectivity index (χ1n) is 29.4. The molecule has 2 aliphatic rings. The molecule has 13 aromatic carbocycles. The molecule has 1 aromatic heterocycles. The van der Waals surface area contributed by atoms with Crippen LogP contribution in [0.2, 0.25) is 0 Å². The number of benzene rings is 13. The zero-order chi connectivity index (χ0) is 58.4. The highest BCUT2D eigenvalue weighted by Crippen LogP contribution is 2.59. The molecule has 0 saturated heterocycles. The third-order valence-corrected chi connectivity index (χ3v) is 18.2. The lowest BCUT2D eigenvalue weighted by atomic mass is 9.67. The Labute approximate surface area is 503 Å². The highest BCUT2D eigenvalue weighted by atomic mass is 19.1. The molecule has 2 aliphatic carbocycles. The average molecular weight is 1120 g/mol. The summed E-state index contributed by atoms with van der Waals surface area (Å²) in [6.07, 6.45) is 3.73. The van der Waals surface area contributed by atoms with Crippen molar-refractivity contribution in [2.24, 2.45) is 0 Å². The van der Waals surface area contributed by atoms with Crippen molar-refractivity contribution < 1.29 is 13.2 Å². The first-order chi connectivity index (χ1) is 42.8. The Bertz CT molecular complexity index is 5030. The fraction of sp³-hybridized carbons (Fsp3) is 0.0244. The van der Waals surface area contributed by atoms with Crippen LogP contribution in [0.25, 0.3) is 67.1 Å². The van der Waals surface area contributed by atoms with Crippen LogP contribution in [0.5, 0.6) is 0 Å². The normalized spacial score (nSPS) is 15.4. The molecule has 87 heavy (non-hydrogen) atoms. The van der Waals surface area contributed by atoms with Crippen molar-refractivity contribution in [2.75, 3.05) is 9.80 Å². The third-order valence-electron chi connectivity index (χ3n) is 18.2. The van der Waals surface area contributed by atoms with Crippen molar-refractivity contribution in [3.8, 4) is 22.3 Å². The summed E-state index contributed by atoms with van der Waals surface area (Å²) in [5, 5.41) is 4.10. The van der Waals surface area contributed by atoms with Gasteiger partial charge in [0.25, 0.3) is 0 Å². The van der Waals surface area contributed by atoms with Crippen molar-refractivity contribution in [3.05, 3.63) is 372 Å². The molecule has 0 bridgehead atoms. The topological polar surface area (TPSA) is 19.6 Å². The van der Waals surface area contributed by atoms with Gasteiger partial charge in [0.2, 0.25) is 0 Å². The average Bonchev–Trinajstić information content (AvgIpc) is 1.62. The second-order valence-corrected chi connectivity index (χ2v) is 22.7. The Morgan fingerprint density at radius 2 is 0.690 bits per heavy atom. The number of hydrogen-bond donors (Lipinski definition) is 0. The quantitative estimate of drug-likeness (QED) is 0.122. The number of hydrogen-bond acceptors (Lipinski definition) is 3. The van der Waals surface area contributed by atoms with Gasteiger partial charge < -0.3 is 14.2 Å². The minimum absolute atomic E-state index is 0.279. The van der Waals surface area contributed by atoms with E-state index in [1.165, 1.54) is 0 Å². The lowest BCUT2D eigenvalue weighted by Crippen LogP contribution is -2.29. The van der Waals surface area contributed by atoms with E-state index in [0.717, 1.165) is 145 Å². The molecule has 0 amide bonds. The number of fused-ring (bicyclic) bond motifs is 10. The van der Waals surface area contributed by atoms with Crippen LogP contribution in [0.3, 0.4) is 0 Å². The molecule has 14 aromatic rings. The largest absolute Gasteiger partial charge is 0.456 e. The summed E-state index contributed by atoms with van der Waals surface area (Å²) in [4.78, 5) is 4.66. The standard InChI is InChI=1S/C82H54F2N2O/c1-3-53-23-28-57(29-24-53)81(59-32-36-61(83)37-33-59)75-21-13-11-19-69(75)71-44-41-67(51-77(71)81)85(63-15-7-5-8-16-63)65-40-27-55-49-80-73(48-56(55)47-65)74-50-66(43-46-79(74)87-80)86(64-17-9-6-10-18-64)68-42-45-72-70-20-12-14-22-76(70)82(78(72)52-68,60-34-38-62(84)39-35-60)58-30-25-54(4-2)26-31-58/h3-52H,1-2H2. The van der Waals surface area contributed by atoms with Gasteiger partial charge in [0, 0.05) is 44.9 Å². The highest BCUT2D eigenvalue weighted by Gasteiger charge is 2.48. The number of halogens is 2. The monoisotopic (exact) mass is 1120 g/mol. The molecule has 0 radical (unpaired) electrons. The molecule has 0 N–H and O–H groups in total. The highest BCUT2D eigenvalue weighted by molar-refractivity contribution is 6.12. The number of nitrogens with zero attached hydrogens (tertiary/aromatic N) is 2. The first kappa shape index (κ1) is 51.5. The van der Waals surface area contributed by atoms with Crippen LogP contribution in [0.15, 0.2) is 309 Å². The van der Waals surface area contributed by atoms with Crippen molar-refractivity contribution in [2.45, 2.75) is 10.8 Å². The summed E-state index contributed by atoms with van der Waals surface area (Å²) in [6, 6.07) is 101. The summed E-state index contributed by atoms with van der Waals surface area (Å²) in [7, 11) is 0. The van der Waals surface area contributed by atoms with Crippen molar-refractivity contribution >= 4 is 79.0 Å². The number of anilines is 6. The van der Waals surface area contributed by atoms with E-state index in [0.29, 0.717) is 0 Å². The van der Waals surface area contributed by atoms with Gasteiger partial charge in [0.1, 0.15) is 22.8 Å². The van der Waals surface area contributed by atoms with E-state index in [1.807, 2.05) is 42.5 Å². The van der Waals surface area contributed by atoms with Gasteiger partial charge in [0.15, 0.2) is 0 Å². The van der Waals surface area contributed by atoms with Gasteiger partial charge in [-0.3, -0.25) is 0 Å². The van der Waals surface area contributed by atoms with Crippen LogP contribution in [0.4, 0.5) is 42.9 Å². The Morgan fingerprint density at radius 1 is 0.299 bits per heavy atom. The summed E-state index contributed by atoms with van der Waals surface area (Å²) in [6.45, 7) is 8.11. The predicted molar refractivity (Wildman–Crippen MR) is 355 cm³/mol. The van der Waals surface area contributed by atoms with Gasteiger partial charge in [-0.1, -0.05) is 201 Å². The second-order valence-electron chi connectivity index (χ2n) is 22.7. The van der Waals surface area contributed by atoms with E-state index < -0.39 is 10.8 Å². The molecule has 0 fully saturated rings. The third kappa shape index (κ3) is 8.00. The summed E-state index contributed by atoms with van der Waals surface area (Å²) < 4.78 is 36.7. The van der Waals surface area contributed by atoms with Crippen LogP contribution in [0, 0.1) is 11.6 Å². The number of para-hydroxylation sites is 2.